The number of hydrogen-bond acceptors (Lipinski definition) is 4. The maximum Gasteiger partial charge on any atom is 0.339 e. The number of methoxy groups -OCH3 is 1. The average Bonchev–Trinajstić information content (AvgIpc) is 2.62. The van der Waals surface area contributed by atoms with Crippen molar-refractivity contribution in [3.63, 3.8) is 0 Å². The van der Waals surface area contributed by atoms with Crippen LogP contribution in [0.25, 0.3) is 0 Å². The summed E-state index contributed by atoms with van der Waals surface area (Å²) in [4.78, 5) is 24.4. The van der Waals surface area contributed by atoms with Gasteiger partial charge < -0.3 is 14.8 Å². The summed E-state index contributed by atoms with van der Waals surface area (Å²) < 4.78 is 10.4. The standard InChI is InChI=1S/C20H23NO4/c1-5-15-7-10-17(11-8-15)21-19(22)14(3)25-20(23)16-9-6-13(2)18(12-16)24-4/h6-12,14H,5H2,1-4H3,(H,21,22)/t14-/m0/s1. The van der Waals surface area contributed by atoms with Gasteiger partial charge in [-0.3, -0.25) is 4.79 Å². The summed E-state index contributed by atoms with van der Waals surface area (Å²) in [5.41, 5.74) is 3.11. The van der Waals surface area contributed by atoms with Crippen LogP contribution in [0.2, 0.25) is 0 Å². The SMILES string of the molecule is CCc1ccc(NC(=O)[C@H](C)OC(=O)c2ccc(C)c(OC)c2)cc1. The smallest absolute Gasteiger partial charge is 0.339 e. The van der Waals surface area contributed by atoms with E-state index in [1.54, 1.807) is 25.1 Å². The second-order valence-electron chi connectivity index (χ2n) is 5.77. The summed E-state index contributed by atoms with van der Waals surface area (Å²) in [5, 5.41) is 2.74. The lowest BCUT2D eigenvalue weighted by molar-refractivity contribution is -0.123. The van der Waals surface area contributed by atoms with Crippen LogP contribution in [0, 0.1) is 6.92 Å². The second kappa shape index (κ2) is 8.33. The predicted octanol–water partition coefficient (Wildman–Crippen LogP) is 3.75. The molecule has 2 aromatic rings. The van der Waals surface area contributed by atoms with E-state index >= 15 is 0 Å². The van der Waals surface area contributed by atoms with Gasteiger partial charge in [-0.05, 0) is 55.7 Å². The van der Waals surface area contributed by atoms with Crippen LogP contribution >= 0.6 is 0 Å². The molecule has 0 radical (unpaired) electrons. The number of carbonyl (C=O) groups excluding carboxylic acids is 2. The van der Waals surface area contributed by atoms with Crippen LogP contribution in [0.5, 0.6) is 5.75 Å². The molecule has 0 aromatic heterocycles. The molecule has 5 nitrogen and oxygen atoms in total. The Labute approximate surface area is 148 Å². The Hall–Kier alpha value is -2.82. The molecular weight excluding hydrogens is 318 g/mol. The number of nitrogens with one attached hydrogen (secondary N) is 1. The van der Waals surface area contributed by atoms with Gasteiger partial charge in [-0.1, -0.05) is 25.1 Å². The molecule has 2 aromatic carbocycles. The maximum atomic E-state index is 12.2. The number of esters is 1. The van der Waals surface area contributed by atoms with Crippen molar-refractivity contribution in [1.82, 2.24) is 0 Å². The van der Waals surface area contributed by atoms with E-state index in [0.717, 1.165) is 12.0 Å². The van der Waals surface area contributed by atoms with Crippen molar-refractivity contribution >= 4 is 17.6 Å². The second-order valence-corrected chi connectivity index (χ2v) is 5.77. The van der Waals surface area contributed by atoms with E-state index in [2.05, 4.69) is 12.2 Å². The summed E-state index contributed by atoms with van der Waals surface area (Å²) in [6.45, 7) is 5.49. The first-order valence-corrected chi connectivity index (χ1v) is 8.20. The van der Waals surface area contributed by atoms with Crippen LogP contribution < -0.4 is 10.1 Å². The summed E-state index contributed by atoms with van der Waals surface area (Å²) >= 11 is 0. The number of ether oxygens (including phenoxy) is 2. The van der Waals surface area contributed by atoms with Gasteiger partial charge in [-0.2, -0.15) is 0 Å². The van der Waals surface area contributed by atoms with E-state index in [4.69, 9.17) is 9.47 Å². The van der Waals surface area contributed by atoms with E-state index in [-0.39, 0.29) is 5.91 Å². The number of benzene rings is 2. The highest BCUT2D eigenvalue weighted by Crippen LogP contribution is 2.20. The van der Waals surface area contributed by atoms with Gasteiger partial charge in [0.15, 0.2) is 6.10 Å². The van der Waals surface area contributed by atoms with Gasteiger partial charge in [0.25, 0.3) is 5.91 Å². The number of aryl methyl sites for hydroxylation is 2. The molecule has 1 amide bonds. The molecule has 0 aliphatic carbocycles. The molecule has 0 fully saturated rings. The van der Waals surface area contributed by atoms with Gasteiger partial charge in [-0.15, -0.1) is 0 Å². The quantitative estimate of drug-likeness (QED) is 0.813. The first-order chi connectivity index (χ1) is 11.9. The van der Waals surface area contributed by atoms with E-state index < -0.39 is 12.1 Å². The average molecular weight is 341 g/mol. The molecule has 0 aliphatic rings. The number of amides is 1. The first-order valence-electron chi connectivity index (χ1n) is 8.20. The zero-order chi connectivity index (χ0) is 18.4. The Morgan fingerprint density at radius 3 is 2.40 bits per heavy atom. The minimum Gasteiger partial charge on any atom is -0.496 e. The summed E-state index contributed by atoms with van der Waals surface area (Å²) in [5.74, 6) is -0.346. The molecule has 0 spiro atoms. The van der Waals surface area contributed by atoms with Gasteiger partial charge >= 0.3 is 5.97 Å². The first kappa shape index (κ1) is 18.5. The molecule has 0 bridgehead atoms. The largest absolute Gasteiger partial charge is 0.496 e. The van der Waals surface area contributed by atoms with Crippen LogP contribution in [0.4, 0.5) is 5.69 Å². The molecule has 25 heavy (non-hydrogen) atoms. The molecule has 1 N–H and O–H groups in total. The van der Waals surface area contributed by atoms with Crippen molar-refractivity contribution < 1.29 is 19.1 Å². The minimum atomic E-state index is -0.911. The number of carbonyl (C=O) groups is 2. The summed E-state index contributed by atoms with van der Waals surface area (Å²) in [7, 11) is 1.54. The zero-order valence-corrected chi connectivity index (χ0v) is 15.0. The topological polar surface area (TPSA) is 64.6 Å². The van der Waals surface area contributed by atoms with Crippen molar-refractivity contribution in [1.29, 1.82) is 0 Å². The molecule has 5 heteroatoms. The van der Waals surface area contributed by atoms with Crippen LogP contribution in [-0.4, -0.2) is 25.1 Å². The molecule has 132 valence electrons. The Bertz CT molecular complexity index is 753. The maximum absolute atomic E-state index is 12.2. The molecule has 1 atom stereocenters. The van der Waals surface area contributed by atoms with Crippen LogP contribution in [0.15, 0.2) is 42.5 Å². The lowest BCUT2D eigenvalue weighted by Crippen LogP contribution is -2.30. The highest BCUT2D eigenvalue weighted by atomic mass is 16.5. The Balaban J connectivity index is 1.98. The van der Waals surface area contributed by atoms with Crippen LogP contribution in [-0.2, 0) is 16.0 Å². The Morgan fingerprint density at radius 1 is 1.12 bits per heavy atom. The zero-order valence-electron chi connectivity index (χ0n) is 15.0. The normalized spacial score (nSPS) is 11.5. The fourth-order valence-electron chi connectivity index (χ4n) is 2.30. The molecule has 0 heterocycles. The monoisotopic (exact) mass is 341 g/mol. The van der Waals surface area contributed by atoms with E-state index in [9.17, 15) is 9.59 Å². The molecule has 0 unspecified atom stereocenters. The highest BCUT2D eigenvalue weighted by molar-refractivity contribution is 5.97. The van der Waals surface area contributed by atoms with E-state index in [1.165, 1.54) is 12.7 Å². The van der Waals surface area contributed by atoms with Gasteiger partial charge in [-0.25, -0.2) is 4.79 Å². The lowest BCUT2D eigenvalue weighted by Gasteiger charge is -2.14. The van der Waals surface area contributed by atoms with Crippen LogP contribution in [0.1, 0.15) is 35.3 Å². The third-order valence-electron chi connectivity index (χ3n) is 3.93. The lowest BCUT2D eigenvalue weighted by atomic mass is 10.1. The molecule has 0 saturated carbocycles. The summed E-state index contributed by atoms with van der Waals surface area (Å²) in [6.07, 6.45) is 0.0214. The van der Waals surface area contributed by atoms with E-state index in [0.29, 0.717) is 17.0 Å². The van der Waals surface area contributed by atoms with Crippen molar-refractivity contribution in [2.45, 2.75) is 33.3 Å². The van der Waals surface area contributed by atoms with Gasteiger partial charge in [0.1, 0.15) is 5.75 Å². The predicted molar refractivity (Wildman–Crippen MR) is 97.1 cm³/mol. The Morgan fingerprint density at radius 2 is 1.80 bits per heavy atom. The van der Waals surface area contributed by atoms with Crippen LogP contribution in [0.3, 0.4) is 0 Å². The summed E-state index contributed by atoms with van der Waals surface area (Å²) in [6, 6.07) is 12.6. The molecular formula is C20H23NO4. The van der Waals surface area contributed by atoms with Crippen molar-refractivity contribution in [3.05, 3.63) is 59.2 Å². The number of rotatable bonds is 6. The minimum absolute atomic E-state index is 0.342. The van der Waals surface area contributed by atoms with Gasteiger partial charge in [0.05, 0.1) is 12.7 Å². The van der Waals surface area contributed by atoms with Gasteiger partial charge in [0, 0.05) is 5.69 Å². The number of anilines is 1. The van der Waals surface area contributed by atoms with Crippen molar-refractivity contribution in [2.75, 3.05) is 12.4 Å². The third kappa shape index (κ3) is 4.83. The Kier molecular flexibility index (Phi) is 6.17. The molecule has 0 saturated heterocycles. The third-order valence-corrected chi connectivity index (χ3v) is 3.93. The van der Waals surface area contributed by atoms with Gasteiger partial charge in [0.2, 0.25) is 0 Å². The van der Waals surface area contributed by atoms with E-state index in [1.807, 2.05) is 31.2 Å². The fourth-order valence-corrected chi connectivity index (χ4v) is 2.30. The number of hydrogen-bond donors (Lipinski definition) is 1. The fraction of sp³-hybridized carbons (Fsp3) is 0.300. The van der Waals surface area contributed by atoms with Crippen molar-refractivity contribution in [3.8, 4) is 5.75 Å². The molecule has 2 rings (SSSR count). The molecule has 0 aliphatic heterocycles. The van der Waals surface area contributed by atoms with Crippen molar-refractivity contribution in [2.24, 2.45) is 0 Å². The highest BCUT2D eigenvalue weighted by Gasteiger charge is 2.19.